The average Bonchev–Trinajstić information content (AvgIpc) is 2.06. The van der Waals surface area contributed by atoms with Crippen LogP contribution in [0.2, 0.25) is 0 Å². The largest absolute Gasteiger partial charge is 0.502 e. The third-order valence-corrected chi connectivity index (χ3v) is 1.83. The predicted molar refractivity (Wildman–Crippen MR) is 46.3 cm³/mol. The first-order chi connectivity index (χ1) is 6.38. The van der Waals surface area contributed by atoms with Gasteiger partial charge in [-0.1, -0.05) is 0 Å². The van der Waals surface area contributed by atoms with Crippen LogP contribution in [0.5, 0.6) is 5.75 Å². The molecule has 14 heavy (non-hydrogen) atoms. The molecule has 0 atom stereocenters. The normalized spacial score (nSPS) is 11.5. The van der Waals surface area contributed by atoms with Gasteiger partial charge in [-0.25, -0.2) is 0 Å². The molecule has 0 aromatic carbocycles. The molecule has 0 saturated carbocycles. The monoisotopic (exact) mass is 220 g/mol. The van der Waals surface area contributed by atoms with Gasteiger partial charge in [-0.2, -0.15) is 8.42 Å². The molecule has 0 bridgehead atoms. The summed E-state index contributed by atoms with van der Waals surface area (Å²) < 4.78 is 30.2. The molecule has 1 heterocycles. The van der Waals surface area contributed by atoms with Crippen molar-refractivity contribution in [1.82, 2.24) is 0 Å². The van der Waals surface area contributed by atoms with Gasteiger partial charge in [-0.3, -0.25) is 8.98 Å². The van der Waals surface area contributed by atoms with E-state index in [1.165, 1.54) is 0 Å². The molecule has 1 N–H and O–H groups in total. The Morgan fingerprint density at radius 1 is 1.57 bits per heavy atom. The highest BCUT2D eigenvalue weighted by molar-refractivity contribution is 7.85. The van der Waals surface area contributed by atoms with Crippen LogP contribution in [-0.2, 0) is 20.9 Å². The maximum Gasteiger partial charge on any atom is 0.264 e. The average molecular weight is 220 g/mol. The standard InChI is InChI=1S/C7H8O6S/c1-14(10,11)13-3-5-2-6(8)7(9)4-12-5/h2,4,9H,3H2,1H3. The molecule has 0 amide bonds. The molecule has 6 nitrogen and oxygen atoms in total. The summed E-state index contributed by atoms with van der Waals surface area (Å²) >= 11 is 0. The van der Waals surface area contributed by atoms with Gasteiger partial charge in [-0.05, 0) is 0 Å². The first-order valence-electron chi connectivity index (χ1n) is 3.53. The lowest BCUT2D eigenvalue weighted by Crippen LogP contribution is -2.05. The van der Waals surface area contributed by atoms with Crippen LogP contribution in [0.4, 0.5) is 0 Å². The molecule has 7 heteroatoms. The van der Waals surface area contributed by atoms with Crippen molar-refractivity contribution < 1.29 is 22.1 Å². The van der Waals surface area contributed by atoms with Gasteiger partial charge >= 0.3 is 0 Å². The quantitative estimate of drug-likeness (QED) is 0.710. The molecule has 0 aliphatic carbocycles. The number of hydrogen-bond donors (Lipinski definition) is 1. The third-order valence-electron chi connectivity index (χ3n) is 1.28. The molecule has 78 valence electrons. The molecule has 1 aromatic rings. The molecule has 0 aliphatic heterocycles. The van der Waals surface area contributed by atoms with Gasteiger partial charge in [0.05, 0.1) is 6.26 Å². The summed E-state index contributed by atoms with van der Waals surface area (Å²) in [6, 6.07) is 0.959. The molecule has 0 saturated heterocycles. The Labute approximate surface area is 79.9 Å². The lowest BCUT2D eigenvalue weighted by molar-refractivity contribution is 0.270. The van der Waals surface area contributed by atoms with E-state index in [9.17, 15) is 13.2 Å². The van der Waals surface area contributed by atoms with Gasteiger partial charge in [-0.15, -0.1) is 0 Å². The fourth-order valence-corrected chi connectivity index (χ4v) is 1.01. The van der Waals surface area contributed by atoms with E-state index >= 15 is 0 Å². The van der Waals surface area contributed by atoms with Crippen molar-refractivity contribution in [2.45, 2.75) is 6.61 Å². The van der Waals surface area contributed by atoms with Gasteiger partial charge in [0.25, 0.3) is 10.1 Å². The molecule has 0 aliphatic rings. The van der Waals surface area contributed by atoms with Crippen molar-refractivity contribution in [3.05, 3.63) is 28.3 Å². The summed E-state index contributed by atoms with van der Waals surface area (Å²) in [4.78, 5) is 10.8. The second-order valence-corrected chi connectivity index (χ2v) is 4.21. The maximum absolute atomic E-state index is 10.8. The van der Waals surface area contributed by atoms with Crippen LogP contribution in [0, 0.1) is 0 Å². The van der Waals surface area contributed by atoms with Gasteiger partial charge in [0.15, 0.2) is 5.75 Å². The second kappa shape index (κ2) is 3.81. The highest BCUT2D eigenvalue weighted by Crippen LogP contribution is 2.05. The van der Waals surface area contributed by atoms with E-state index in [1.54, 1.807) is 0 Å². The zero-order valence-electron chi connectivity index (χ0n) is 7.26. The topological polar surface area (TPSA) is 93.8 Å². The molecule has 1 rings (SSSR count). The summed E-state index contributed by atoms with van der Waals surface area (Å²) in [5.74, 6) is -0.508. The number of hydrogen-bond acceptors (Lipinski definition) is 6. The fourth-order valence-electron chi connectivity index (χ4n) is 0.685. The van der Waals surface area contributed by atoms with Crippen LogP contribution in [0.15, 0.2) is 21.5 Å². The van der Waals surface area contributed by atoms with Crippen LogP contribution in [0.1, 0.15) is 5.76 Å². The number of aromatic hydroxyl groups is 1. The first-order valence-corrected chi connectivity index (χ1v) is 5.35. The van der Waals surface area contributed by atoms with Crippen LogP contribution >= 0.6 is 0 Å². The van der Waals surface area contributed by atoms with Crippen LogP contribution in [-0.4, -0.2) is 19.8 Å². The van der Waals surface area contributed by atoms with Gasteiger partial charge in [0.2, 0.25) is 5.43 Å². The lowest BCUT2D eigenvalue weighted by atomic mass is 10.4. The lowest BCUT2D eigenvalue weighted by Gasteiger charge is -1.99. The minimum Gasteiger partial charge on any atom is -0.502 e. The van der Waals surface area contributed by atoms with Gasteiger partial charge in [0.1, 0.15) is 18.6 Å². The highest BCUT2D eigenvalue weighted by Gasteiger charge is 2.06. The minimum absolute atomic E-state index is 0.0261. The summed E-state index contributed by atoms with van der Waals surface area (Å²) in [5.41, 5.74) is -0.650. The van der Waals surface area contributed by atoms with Crippen molar-refractivity contribution in [3.8, 4) is 5.75 Å². The van der Waals surface area contributed by atoms with E-state index in [4.69, 9.17) is 9.52 Å². The maximum atomic E-state index is 10.8. The van der Waals surface area contributed by atoms with Gasteiger partial charge in [0, 0.05) is 6.07 Å². The fraction of sp³-hybridized carbons (Fsp3) is 0.286. The SMILES string of the molecule is CS(=O)(=O)OCc1cc(=O)c(O)co1. The summed E-state index contributed by atoms with van der Waals surface area (Å²) in [6.45, 7) is -0.367. The molecule has 0 radical (unpaired) electrons. The Kier molecular flexibility index (Phi) is 2.92. The van der Waals surface area contributed by atoms with E-state index in [2.05, 4.69) is 4.18 Å². The molecular weight excluding hydrogens is 212 g/mol. The van der Waals surface area contributed by atoms with Crippen molar-refractivity contribution in [3.63, 3.8) is 0 Å². The zero-order valence-corrected chi connectivity index (χ0v) is 8.08. The Bertz CT molecular complexity index is 471. The van der Waals surface area contributed by atoms with E-state index in [-0.39, 0.29) is 12.4 Å². The molecule has 0 unspecified atom stereocenters. The van der Waals surface area contributed by atoms with Gasteiger partial charge < -0.3 is 9.52 Å². The van der Waals surface area contributed by atoms with Crippen LogP contribution < -0.4 is 5.43 Å². The molecular formula is C7H8O6S. The molecule has 0 spiro atoms. The van der Waals surface area contributed by atoms with Crippen LogP contribution in [0.3, 0.4) is 0 Å². The smallest absolute Gasteiger partial charge is 0.264 e. The summed E-state index contributed by atoms with van der Waals surface area (Å²) in [7, 11) is -3.57. The minimum atomic E-state index is -3.57. The summed E-state index contributed by atoms with van der Waals surface area (Å²) in [5, 5.41) is 8.81. The predicted octanol–water partition coefficient (Wildman–Crippen LogP) is -0.178. The zero-order chi connectivity index (χ0) is 10.8. The first kappa shape index (κ1) is 10.7. The Morgan fingerprint density at radius 2 is 2.21 bits per heavy atom. The highest BCUT2D eigenvalue weighted by atomic mass is 32.2. The summed E-state index contributed by atoms with van der Waals surface area (Å²) in [6.07, 6.45) is 1.70. The Morgan fingerprint density at radius 3 is 2.71 bits per heavy atom. The Balaban J connectivity index is 2.80. The second-order valence-electron chi connectivity index (χ2n) is 2.56. The number of rotatable bonds is 3. The molecule has 1 aromatic heterocycles. The van der Waals surface area contributed by atoms with E-state index < -0.39 is 21.3 Å². The van der Waals surface area contributed by atoms with Crippen molar-refractivity contribution in [1.29, 1.82) is 0 Å². The molecule has 0 fully saturated rings. The van der Waals surface area contributed by atoms with Crippen molar-refractivity contribution >= 4 is 10.1 Å². The van der Waals surface area contributed by atoms with E-state index in [0.717, 1.165) is 18.6 Å². The third kappa shape index (κ3) is 3.19. The Hall–Kier alpha value is -1.34. The van der Waals surface area contributed by atoms with Crippen molar-refractivity contribution in [2.75, 3.05) is 6.26 Å². The van der Waals surface area contributed by atoms with E-state index in [1.807, 2.05) is 0 Å². The van der Waals surface area contributed by atoms with Crippen molar-refractivity contribution in [2.24, 2.45) is 0 Å². The van der Waals surface area contributed by atoms with Crippen LogP contribution in [0.25, 0.3) is 0 Å². The van der Waals surface area contributed by atoms with E-state index in [0.29, 0.717) is 0 Å².